The average Bonchev–Trinajstić information content (AvgIpc) is 2.97. The lowest BCUT2D eigenvalue weighted by molar-refractivity contribution is -0.274. The number of carbonyl (C=O) groups is 2. The van der Waals surface area contributed by atoms with Crippen LogP contribution in [0.5, 0.6) is 11.5 Å². The van der Waals surface area contributed by atoms with Crippen LogP contribution in [0.15, 0.2) is 71.9 Å². The standard InChI is InChI=1S/C30H27ClF6N4O6/c31-19-13-18(14-21(15-19)47-30(35,36)37)25(42)28(44)41-9-8-24(41)27(43)39-16-17-6-7-22(23(12-17)29(32,33)34)26(38)40-46-11-10-45-20-4-2-1-3-5-20/h1-7,12-15,24-25,42H,8-11,16H2,(H2,38,40)(H,39,43)/t24-,25+/m0/s1. The molecule has 4 rings (SSSR count). The van der Waals surface area contributed by atoms with Gasteiger partial charge >= 0.3 is 12.5 Å². The minimum absolute atomic E-state index is 0.0342. The number of amidine groups is 1. The molecule has 0 aliphatic carbocycles. The van der Waals surface area contributed by atoms with E-state index >= 15 is 0 Å². The first-order valence-corrected chi connectivity index (χ1v) is 14.2. The topological polar surface area (TPSA) is 136 Å². The van der Waals surface area contributed by atoms with Gasteiger partial charge in [0.2, 0.25) is 5.91 Å². The molecule has 1 saturated heterocycles. The molecule has 0 radical (unpaired) electrons. The van der Waals surface area contributed by atoms with E-state index in [1.54, 1.807) is 30.3 Å². The van der Waals surface area contributed by atoms with Crippen molar-refractivity contribution in [3.8, 4) is 11.5 Å². The van der Waals surface area contributed by atoms with Crippen LogP contribution in [0.25, 0.3) is 0 Å². The summed E-state index contributed by atoms with van der Waals surface area (Å²) in [5.74, 6) is -2.45. The largest absolute Gasteiger partial charge is 0.573 e. The molecular weight excluding hydrogens is 662 g/mol. The number of hydrogen-bond acceptors (Lipinski definition) is 7. The van der Waals surface area contributed by atoms with Gasteiger partial charge in [-0.05, 0) is 53.9 Å². The van der Waals surface area contributed by atoms with Crippen LogP contribution >= 0.6 is 11.6 Å². The lowest BCUT2D eigenvalue weighted by atomic mass is 9.98. The second-order valence-electron chi connectivity index (χ2n) is 10.1. The number of aliphatic hydroxyl groups is 1. The maximum Gasteiger partial charge on any atom is 0.573 e. The van der Waals surface area contributed by atoms with Crippen molar-refractivity contribution >= 4 is 29.3 Å². The molecule has 1 aliphatic heterocycles. The fourth-order valence-electron chi connectivity index (χ4n) is 4.50. The molecule has 17 heteroatoms. The Morgan fingerprint density at radius 1 is 1.02 bits per heavy atom. The summed E-state index contributed by atoms with van der Waals surface area (Å²) in [7, 11) is 0. The van der Waals surface area contributed by atoms with E-state index in [0.29, 0.717) is 5.75 Å². The molecule has 0 unspecified atom stereocenters. The van der Waals surface area contributed by atoms with Gasteiger partial charge in [0.05, 0.1) is 5.56 Å². The molecule has 3 aromatic rings. The number of aliphatic hydroxyl groups excluding tert-OH is 1. The molecule has 252 valence electrons. The summed E-state index contributed by atoms with van der Waals surface area (Å²) in [5, 5.41) is 16.3. The van der Waals surface area contributed by atoms with Gasteiger partial charge in [-0.15, -0.1) is 13.2 Å². The second kappa shape index (κ2) is 14.8. The van der Waals surface area contributed by atoms with Crippen LogP contribution in [0.1, 0.15) is 34.8 Å². The summed E-state index contributed by atoms with van der Waals surface area (Å²) in [6, 6.07) is 13.5. The van der Waals surface area contributed by atoms with E-state index in [1.165, 1.54) is 6.07 Å². The van der Waals surface area contributed by atoms with Crippen LogP contribution in [-0.2, 0) is 27.1 Å². The summed E-state index contributed by atoms with van der Waals surface area (Å²) in [6.45, 7) is -0.356. The fraction of sp³-hybridized carbons (Fsp3) is 0.300. The summed E-state index contributed by atoms with van der Waals surface area (Å²) in [5.41, 5.74) is 3.93. The van der Waals surface area contributed by atoms with E-state index in [1.807, 2.05) is 0 Å². The lowest BCUT2D eigenvalue weighted by Gasteiger charge is -2.40. The molecular formula is C30H27ClF6N4O6. The van der Waals surface area contributed by atoms with Crippen molar-refractivity contribution in [2.75, 3.05) is 19.8 Å². The predicted octanol–water partition coefficient (Wildman–Crippen LogP) is 4.92. The number of halogens is 7. The zero-order chi connectivity index (χ0) is 34.4. The zero-order valence-corrected chi connectivity index (χ0v) is 24.9. The van der Waals surface area contributed by atoms with Crippen molar-refractivity contribution in [2.45, 2.75) is 37.7 Å². The highest BCUT2D eigenvalue weighted by Gasteiger charge is 2.41. The van der Waals surface area contributed by atoms with Crippen LogP contribution in [0, 0.1) is 0 Å². The SMILES string of the molecule is N/C(=N\OCCOc1ccccc1)c1ccc(CNC(=O)[C@@H]2CCN2C(=O)[C@H](O)c2cc(Cl)cc(OC(F)(F)F)c2)cc1C(F)(F)F. The van der Waals surface area contributed by atoms with Gasteiger partial charge < -0.3 is 35.4 Å². The van der Waals surface area contributed by atoms with Gasteiger partial charge in [0.25, 0.3) is 5.91 Å². The number of amides is 2. The van der Waals surface area contributed by atoms with Crippen LogP contribution in [0.3, 0.4) is 0 Å². The minimum atomic E-state index is -5.05. The highest BCUT2D eigenvalue weighted by molar-refractivity contribution is 6.30. The molecule has 0 aromatic heterocycles. The third-order valence-corrected chi connectivity index (χ3v) is 6.98. The minimum Gasteiger partial charge on any atom is -0.490 e. The van der Waals surface area contributed by atoms with Crippen molar-refractivity contribution in [3.05, 3.63) is 94.0 Å². The number of hydrogen-bond donors (Lipinski definition) is 3. The molecule has 4 N–H and O–H groups in total. The molecule has 1 aliphatic rings. The van der Waals surface area contributed by atoms with E-state index in [9.17, 15) is 41.0 Å². The van der Waals surface area contributed by atoms with Crippen LogP contribution in [-0.4, -0.2) is 59.8 Å². The number of nitrogens with two attached hydrogens (primary N) is 1. The van der Waals surface area contributed by atoms with E-state index in [2.05, 4.69) is 15.2 Å². The van der Waals surface area contributed by atoms with Gasteiger partial charge in [-0.3, -0.25) is 9.59 Å². The average molecular weight is 689 g/mol. The Bertz CT molecular complexity index is 1610. The summed E-state index contributed by atoms with van der Waals surface area (Å²) >= 11 is 5.81. The van der Waals surface area contributed by atoms with E-state index in [4.69, 9.17) is 26.9 Å². The molecule has 3 aromatic carbocycles. The Morgan fingerprint density at radius 3 is 2.38 bits per heavy atom. The highest BCUT2D eigenvalue weighted by Crippen LogP contribution is 2.34. The first kappa shape index (κ1) is 35.2. The van der Waals surface area contributed by atoms with Crippen molar-refractivity contribution in [1.29, 1.82) is 0 Å². The lowest BCUT2D eigenvalue weighted by Crippen LogP contribution is -2.59. The molecule has 0 bridgehead atoms. The molecule has 1 heterocycles. The Balaban J connectivity index is 1.35. The Labute approximate surface area is 268 Å². The van der Waals surface area contributed by atoms with E-state index in [-0.39, 0.29) is 48.9 Å². The molecule has 1 fully saturated rings. The highest BCUT2D eigenvalue weighted by atomic mass is 35.5. The smallest absolute Gasteiger partial charge is 0.490 e. The number of para-hydroxylation sites is 1. The van der Waals surface area contributed by atoms with Crippen LogP contribution in [0.4, 0.5) is 26.3 Å². The molecule has 2 amide bonds. The maximum atomic E-state index is 13.9. The van der Waals surface area contributed by atoms with Crippen LogP contribution < -0.4 is 20.5 Å². The Morgan fingerprint density at radius 2 is 1.74 bits per heavy atom. The van der Waals surface area contributed by atoms with Gasteiger partial charge in [0, 0.05) is 23.7 Å². The number of rotatable bonds is 12. The van der Waals surface area contributed by atoms with E-state index in [0.717, 1.165) is 35.2 Å². The quantitative estimate of drug-likeness (QED) is 0.0808. The molecule has 0 spiro atoms. The van der Waals surface area contributed by atoms with Crippen molar-refractivity contribution in [3.63, 3.8) is 0 Å². The molecule has 47 heavy (non-hydrogen) atoms. The summed E-state index contributed by atoms with van der Waals surface area (Å²) < 4.78 is 88.8. The maximum absolute atomic E-state index is 13.9. The normalized spacial score (nSPS) is 15.8. The summed E-state index contributed by atoms with van der Waals surface area (Å²) in [4.78, 5) is 31.7. The number of oxime groups is 1. The van der Waals surface area contributed by atoms with Crippen molar-refractivity contribution in [2.24, 2.45) is 10.9 Å². The van der Waals surface area contributed by atoms with Gasteiger partial charge in [-0.1, -0.05) is 47.1 Å². The fourth-order valence-corrected chi connectivity index (χ4v) is 4.74. The number of alkyl halides is 6. The zero-order valence-electron chi connectivity index (χ0n) is 24.1. The third kappa shape index (κ3) is 9.65. The van der Waals surface area contributed by atoms with Gasteiger partial charge in [-0.2, -0.15) is 13.2 Å². The Hall–Kier alpha value is -4.70. The molecule has 0 saturated carbocycles. The first-order chi connectivity index (χ1) is 22.1. The van der Waals surface area contributed by atoms with E-state index < -0.39 is 59.2 Å². The monoisotopic (exact) mass is 688 g/mol. The number of likely N-dealkylation sites (tertiary alicyclic amines) is 1. The predicted molar refractivity (Wildman–Crippen MR) is 155 cm³/mol. The number of nitrogens with zero attached hydrogens (tertiary/aromatic N) is 2. The molecule has 10 nitrogen and oxygen atoms in total. The molecule has 2 atom stereocenters. The van der Waals surface area contributed by atoms with Gasteiger partial charge in [0.1, 0.15) is 24.1 Å². The second-order valence-corrected chi connectivity index (χ2v) is 10.5. The van der Waals surface area contributed by atoms with Crippen molar-refractivity contribution in [1.82, 2.24) is 10.2 Å². The Kier molecular flexibility index (Phi) is 11.1. The summed E-state index contributed by atoms with van der Waals surface area (Å²) in [6.07, 6.45) is -11.7. The van der Waals surface area contributed by atoms with Crippen molar-refractivity contribution < 1.29 is 55.3 Å². The van der Waals surface area contributed by atoms with Gasteiger partial charge in [0.15, 0.2) is 18.5 Å². The van der Waals surface area contributed by atoms with Gasteiger partial charge in [-0.25, -0.2) is 0 Å². The number of ether oxygens (including phenoxy) is 2. The number of carbonyl (C=O) groups excluding carboxylic acids is 2. The number of nitrogens with one attached hydrogen (secondary N) is 1. The third-order valence-electron chi connectivity index (χ3n) is 6.76. The first-order valence-electron chi connectivity index (χ1n) is 13.8. The van der Waals surface area contributed by atoms with Crippen LogP contribution in [0.2, 0.25) is 5.02 Å². The number of benzene rings is 3.